The third kappa shape index (κ3) is 2.09. The molecule has 0 saturated heterocycles. The zero-order valence-electron chi connectivity index (χ0n) is 11.0. The van der Waals surface area contributed by atoms with Crippen LogP contribution in [0.15, 0.2) is 23.3 Å². The molecule has 0 spiro atoms. The van der Waals surface area contributed by atoms with E-state index in [1.165, 1.54) is 29.0 Å². The van der Waals surface area contributed by atoms with Crippen LogP contribution in [0.1, 0.15) is 30.5 Å². The average molecular weight is 232 g/mol. The van der Waals surface area contributed by atoms with Crippen molar-refractivity contribution in [1.82, 2.24) is 0 Å². The van der Waals surface area contributed by atoms with Gasteiger partial charge in [-0.2, -0.15) is 0 Å². The van der Waals surface area contributed by atoms with Crippen molar-refractivity contribution in [2.24, 2.45) is 0 Å². The van der Waals surface area contributed by atoms with Crippen LogP contribution in [0.3, 0.4) is 0 Å². The van der Waals surface area contributed by atoms with Crippen molar-refractivity contribution in [3.8, 4) is 0 Å². The smallest absolute Gasteiger partial charge is 0.00711 e. The number of hydrogen-bond acceptors (Lipinski definition) is 0. The third-order valence-corrected chi connectivity index (χ3v) is 6.59. The number of rotatable bonds is 1. The van der Waals surface area contributed by atoms with E-state index in [9.17, 15) is 0 Å². The van der Waals surface area contributed by atoms with E-state index in [0.717, 1.165) is 0 Å². The van der Waals surface area contributed by atoms with Gasteiger partial charge < -0.3 is 0 Å². The zero-order chi connectivity index (χ0) is 11.9. The molecule has 1 heterocycles. The van der Waals surface area contributed by atoms with Crippen LogP contribution in [0, 0.1) is 20.8 Å². The molecule has 0 fully saturated rings. The number of hydrogen-bond donors (Lipinski definition) is 0. The largest absolute Gasteiger partial charge is 0.0694 e. The molecule has 16 heavy (non-hydrogen) atoms. The highest BCUT2D eigenvalue weighted by Crippen LogP contribution is 2.46. The maximum absolute atomic E-state index is 2.34. The van der Waals surface area contributed by atoms with Crippen LogP contribution in [-0.2, 0) is 0 Å². The monoisotopic (exact) mass is 232 g/mol. The van der Waals surface area contributed by atoms with E-state index in [1.807, 2.05) is 0 Å². The van der Waals surface area contributed by atoms with Gasteiger partial charge in [0, 0.05) is 0 Å². The molecule has 0 nitrogen and oxygen atoms in total. The minimum Gasteiger partial charge on any atom is -0.0694 e. The van der Waals surface area contributed by atoms with E-state index in [2.05, 4.69) is 46.8 Å². The van der Waals surface area contributed by atoms with Crippen molar-refractivity contribution in [3.63, 3.8) is 0 Å². The second kappa shape index (κ2) is 4.34. The quantitative estimate of drug-likeness (QED) is 0.506. The van der Waals surface area contributed by atoms with E-state index in [0.29, 0.717) is 0 Å². The molecule has 1 heteroatoms. The Balaban J connectivity index is 2.37. The highest BCUT2D eigenvalue weighted by atomic mass is 31.1. The number of benzene rings is 1. The van der Waals surface area contributed by atoms with Crippen LogP contribution in [-0.4, -0.2) is 12.3 Å². The molecular formula is C15H21P. The normalized spacial score (nSPS) is 17.3. The Labute approximate surface area is 101 Å². The predicted octanol–water partition coefficient (Wildman–Crippen LogP) is 4.07. The Kier molecular flexibility index (Phi) is 3.22. The standard InChI is InChI=1S/C15H21P/c1-10-6-11(2)15(12(3)7-10)16-8-13(4)14(5)9-16/h6-7H,8-9H2,1-5H3. The summed E-state index contributed by atoms with van der Waals surface area (Å²) in [6, 6.07) is 4.68. The van der Waals surface area contributed by atoms with Crippen LogP contribution < -0.4 is 5.30 Å². The first-order chi connectivity index (χ1) is 7.49. The van der Waals surface area contributed by atoms with Crippen molar-refractivity contribution >= 4 is 13.2 Å². The highest BCUT2D eigenvalue weighted by Gasteiger charge is 2.22. The van der Waals surface area contributed by atoms with Gasteiger partial charge in [0.2, 0.25) is 0 Å². The van der Waals surface area contributed by atoms with Gasteiger partial charge in [0.05, 0.1) is 0 Å². The summed E-state index contributed by atoms with van der Waals surface area (Å²) in [6.45, 7) is 11.4. The van der Waals surface area contributed by atoms with Crippen molar-refractivity contribution in [2.75, 3.05) is 12.3 Å². The molecule has 1 aromatic rings. The fourth-order valence-electron chi connectivity index (χ4n) is 2.73. The maximum Gasteiger partial charge on any atom is -0.00711 e. The van der Waals surface area contributed by atoms with Crippen molar-refractivity contribution in [2.45, 2.75) is 34.6 Å². The van der Waals surface area contributed by atoms with Crippen molar-refractivity contribution < 1.29 is 0 Å². The second-order valence-corrected chi connectivity index (χ2v) is 7.32. The zero-order valence-corrected chi connectivity index (χ0v) is 11.9. The molecule has 86 valence electrons. The summed E-state index contributed by atoms with van der Waals surface area (Å²) < 4.78 is 0. The Hall–Kier alpha value is -0.610. The van der Waals surface area contributed by atoms with E-state index < -0.39 is 0 Å². The molecular weight excluding hydrogens is 211 g/mol. The Morgan fingerprint density at radius 3 is 1.69 bits per heavy atom. The number of allylic oxidation sites excluding steroid dienone is 2. The first kappa shape index (κ1) is 11.9. The minimum atomic E-state index is 0.0529. The Morgan fingerprint density at radius 2 is 1.25 bits per heavy atom. The summed E-state index contributed by atoms with van der Waals surface area (Å²) in [4.78, 5) is 0. The lowest BCUT2D eigenvalue weighted by Gasteiger charge is -2.18. The van der Waals surface area contributed by atoms with Gasteiger partial charge in [-0.25, -0.2) is 0 Å². The van der Waals surface area contributed by atoms with Gasteiger partial charge in [-0.15, -0.1) is 0 Å². The van der Waals surface area contributed by atoms with E-state index >= 15 is 0 Å². The SMILES string of the molecule is CC1=C(C)CP(c2c(C)cc(C)cc2C)C1. The molecule has 0 amide bonds. The third-order valence-electron chi connectivity index (χ3n) is 3.54. The summed E-state index contributed by atoms with van der Waals surface area (Å²) in [7, 11) is 0.0529. The Bertz CT molecular complexity index is 417. The average Bonchev–Trinajstić information content (AvgIpc) is 2.44. The topological polar surface area (TPSA) is 0 Å². The number of aryl methyl sites for hydroxylation is 3. The molecule has 1 aromatic carbocycles. The summed E-state index contributed by atoms with van der Waals surface area (Å²) in [6.07, 6.45) is 2.65. The van der Waals surface area contributed by atoms with Gasteiger partial charge in [0.15, 0.2) is 0 Å². The van der Waals surface area contributed by atoms with Crippen LogP contribution in [0.25, 0.3) is 0 Å². The summed E-state index contributed by atoms with van der Waals surface area (Å²) in [5, 5.41) is 1.66. The van der Waals surface area contributed by atoms with E-state index in [1.54, 1.807) is 16.5 Å². The highest BCUT2D eigenvalue weighted by molar-refractivity contribution is 7.66. The van der Waals surface area contributed by atoms with Gasteiger partial charge in [-0.05, 0) is 63.4 Å². The fraction of sp³-hybridized carbons (Fsp3) is 0.467. The molecule has 0 N–H and O–H groups in total. The molecule has 0 unspecified atom stereocenters. The van der Waals surface area contributed by atoms with Crippen molar-refractivity contribution in [3.05, 3.63) is 40.0 Å². The lowest BCUT2D eigenvalue weighted by molar-refractivity contribution is 1.29. The van der Waals surface area contributed by atoms with Crippen LogP contribution in [0.4, 0.5) is 0 Å². The minimum absolute atomic E-state index is 0.0529. The molecule has 1 aliphatic heterocycles. The van der Waals surface area contributed by atoms with Crippen molar-refractivity contribution in [1.29, 1.82) is 0 Å². The van der Waals surface area contributed by atoms with Gasteiger partial charge in [0.1, 0.15) is 0 Å². The summed E-state index contributed by atoms with van der Waals surface area (Å²) >= 11 is 0. The van der Waals surface area contributed by atoms with Crippen LogP contribution in [0.5, 0.6) is 0 Å². The van der Waals surface area contributed by atoms with Crippen LogP contribution >= 0.6 is 7.92 Å². The molecule has 2 rings (SSSR count). The molecule has 0 saturated carbocycles. The first-order valence-corrected chi connectivity index (χ1v) is 7.68. The molecule has 0 radical (unpaired) electrons. The Morgan fingerprint density at radius 1 is 0.812 bits per heavy atom. The predicted molar refractivity (Wildman–Crippen MR) is 75.3 cm³/mol. The molecule has 1 aliphatic rings. The first-order valence-electron chi connectivity index (χ1n) is 5.97. The molecule has 0 aromatic heterocycles. The lowest BCUT2D eigenvalue weighted by atomic mass is 10.1. The van der Waals surface area contributed by atoms with E-state index in [4.69, 9.17) is 0 Å². The summed E-state index contributed by atoms with van der Waals surface area (Å²) in [5.41, 5.74) is 7.67. The maximum atomic E-state index is 2.34. The summed E-state index contributed by atoms with van der Waals surface area (Å²) in [5.74, 6) is 0. The molecule has 0 aliphatic carbocycles. The second-order valence-electron chi connectivity index (χ2n) is 5.16. The molecule has 0 bridgehead atoms. The van der Waals surface area contributed by atoms with Gasteiger partial charge in [0.25, 0.3) is 0 Å². The van der Waals surface area contributed by atoms with Crippen LogP contribution in [0.2, 0.25) is 0 Å². The lowest BCUT2D eigenvalue weighted by Crippen LogP contribution is -2.12. The van der Waals surface area contributed by atoms with Gasteiger partial charge >= 0.3 is 0 Å². The van der Waals surface area contributed by atoms with E-state index in [-0.39, 0.29) is 7.92 Å². The fourth-order valence-corrected chi connectivity index (χ4v) is 5.97. The molecule has 0 atom stereocenters. The van der Waals surface area contributed by atoms with Gasteiger partial charge in [-0.3, -0.25) is 0 Å². The van der Waals surface area contributed by atoms with Gasteiger partial charge in [-0.1, -0.05) is 36.8 Å².